The van der Waals surface area contributed by atoms with E-state index < -0.39 is 5.41 Å². The summed E-state index contributed by atoms with van der Waals surface area (Å²) in [5.41, 5.74) is -0.211. The summed E-state index contributed by atoms with van der Waals surface area (Å²) in [5, 5.41) is 4.50. The van der Waals surface area contributed by atoms with Gasteiger partial charge in [0.1, 0.15) is 5.41 Å². The molecule has 0 spiro atoms. The molecule has 0 bridgehead atoms. The van der Waals surface area contributed by atoms with Gasteiger partial charge in [0.2, 0.25) is 0 Å². The van der Waals surface area contributed by atoms with E-state index in [1.165, 1.54) is 0 Å². The zero-order chi connectivity index (χ0) is 14.8. The van der Waals surface area contributed by atoms with Gasteiger partial charge < -0.3 is 9.26 Å². The van der Waals surface area contributed by atoms with Gasteiger partial charge in [-0.15, -0.1) is 0 Å². The molecule has 0 amide bonds. The molecule has 0 atom stereocenters. The Hall–Kier alpha value is -1.88. The van der Waals surface area contributed by atoms with E-state index in [9.17, 15) is 4.79 Å². The van der Waals surface area contributed by atoms with Crippen LogP contribution in [0.15, 0.2) is 28.8 Å². The lowest BCUT2D eigenvalue weighted by Crippen LogP contribution is -2.32. The van der Waals surface area contributed by atoms with Crippen LogP contribution in [-0.4, -0.2) is 22.7 Å². The molecule has 1 aromatic heterocycles. The molecule has 0 aliphatic heterocycles. The first-order chi connectivity index (χ1) is 9.45. The standard InChI is InChI=1S/C14H15ClN2O3/c1-4-19-13(18)14(2,3)12-16-11(20-17-12)9-5-7-10(15)8-6-9/h5-8H,4H2,1-3H3. The first kappa shape index (κ1) is 14.5. The monoisotopic (exact) mass is 294 g/mol. The number of carbonyl (C=O) groups excluding carboxylic acids is 1. The lowest BCUT2D eigenvalue weighted by Gasteiger charge is -2.17. The van der Waals surface area contributed by atoms with E-state index in [0.29, 0.717) is 23.3 Å². The van der Waals surface area contributed by atoms with E-state index in [1.807, 2.05) is 0 Å². The predicted octanol–water partition coefficient (Wildman–Crippen LogP) is 3.23. The third kappa shape index (κ3) is 2.82. The molecule has 5 nitrogen and oxygen atoms in total. The van der Waals surface area contributed by atoms with Crippen molar-refractivity contribution < 1.29 is 14.1 Å². The number of hydrogen-bond acceptors (Lipinski definition) is 5. The molecule has 106 valence electrons. The average Bonchev–Trinajstić information content (AvgIpc) is 2.90. The summed E-state index contributed by atoms with van der Waals surface area (Å²) in [5.74, 6) is 0.249. The highest BCUT2D eigenvalue weighted by Crippen LogP contribution is 2.26. The number of carbonyl (C=O) groups is 1. The third-order valence-electron chi connectivity index (χ3n) is 2.86. The Morgan fingerprint density at radius 2 is 2.00 bits per heavy atom. The first-order valence-corrected chi connectivity index (χ1v) is 6.60. The van der Waals surface area contributed by atoms with Gasteiger partial charge in [-0.1, -0.05) is 16.8 Å². The summed E-state index contributed by atoms with van der Waals surface area (Å²) >= 11 is 5.83. The fraction of sp³-hybridized carbons (Fsp3) is 0.357. The largest absolute Gasteiger partial charge is 0.465 e. The highest BCUT2D eigenvalue weighted by molar-refractivity contribution is 6.30. The van der Waals surface area contributed by atoms with Crippen molar-refractivity contribution in [3.63, 3.8) is 0 Å². The van der Waals surface area contributed by atoms with Gasteiger partial charge in [0.15, 0.2) is 5.82 Å². The Balaban J connectivity index is 2.28. The van der Waals surface area contributed by atoms with Crippen molar-refractivity contribution in [1.29, 1.82) is 0 Å². The summed E-state index contributed by atoms with van der Waals surface area (Å²) in [6.45, 7) is 5.45. The molecule has 6 heteroatoms. The van der Waals surface area contributed by atoms with E-state index in [2.05, 4.69) is 10.1 Å². The van der Waals surface area contributed by atoms with Crippen LogP contribution in [0.25, 0.3) is 11.5 Å². The van der Waals surface area contributed by atoms with Crippen LogP contribution < -0.4 is 0 Å². The number of halogens is 1. The second-order valence-electron chi connectivity index (χ2n) is 4.78. The van der Waals surface area contributed by atoms with Gasteiger partial charge in [0, 0.05) is 10.6 Å². The van der Waals surface area contributed by atoms with Crippen LogP contribution >= 0.6 is 11.6 Å². The van der Waals surface area contributed by atoms with E-state index in [-0.39, 0.29) is 5.97 Å². The van der Waals surface area contributed by atoms with E-state index in [1.54, 1.807) is 45.0 Å². The number of rotatable bonds is 4. The molecular weight excluding hydrogens is 280 g/mol. The van der Waals surface area contributed by atoms with Crippen molar-refractivity contribution in [3.8, 4) is 11.5 Å². The van der Waals surface area contributed by atoms with Crippen molar-refractivity contribution in [3.05, 3.63) is 35.1 Å². The smallest absolute Gasteiger partial charge is 0.319 e. The maximum atomic E-state index is 11.9. The second-order valence-corrected chi connectivity index (χ2v) is 5.21. The van der Waals surface area contributed by atoms with Crippen molar-refractivity contribution in [2.24, 2.45) is 0 Å². The molecule has 0 fully saturated rings. The normalized spacial score (nSPS) is 11.4. The summed E-state index contributed by atoms with van der Waals surface area (Å²) < 4.78 is 10.2. The van der Waals surface area contributed by atoms with Gasteiger partial charge in [-0.3, -0.25) is 4.79 Å². The fourth-order valence-electron chi connectivity index (χ4n) is 1.59. The minimum Gasteiger partial charge on any atom is -0.465 e. The molecular formula is C14H15ClN2O3. The SMILES string of the molecule is CCOC(=O)C(C)(C)c1noc(-c2ccc(Cl)cc2)n1. The number of ether oxygens (including phenoxy) is 1. The van der Waals surface area contributed by atoms with Gasteiger partial charge in [-0.25, -0.2) is 0 Å². The van der Waals surface area contributed by atoms with E-state index >= 15 is 0 Å². The maximum absolute atomic E-state index is 11.9. The Morgan fingerprint density at radius 3 is 2.60 bits per heavy atom. The van der Waals surface area contributed by atoms with Crippen LogP contribution in [0.1, 0.15) is 26.6 Å². The highest BCUT2D eigenvalue weighted by Gasteiger charge is 2.36. The van der Waals surface area contributed by atoms with Gasteiger partial charge in [0.05, 0.1) is 6.61 Å². The molecule has 0 saturated carbocycles. The molecule has 2 aromatic rings. The third-order valence-corrected chi connectivity index (χ3v) is 3.11. The van der Waals surface area contributed by atoms with Crippen LogP contribution in [0, 0.1) is 0 Å². The molecule has 1 aromatic carbocycles. The second kappa shape index (κ2) is 5.63. The number of esters is 1. The zero-order valence-corrected chi connectivity index (χ0v) is 12.3. The fourth-order valence-corrected chi connectivity index (χ4v) is 1.72. The summed E-state index contributed by atoms with van der Waals surface area (Å²) in [4.78, 5) is 16.2. The summed E-state index contributed by atoms with van der Waals surface area (Å²) in [7, 11) is 0. The number of hydrogen-bond donors (Lipinski definition) is 0. The quantitative estimate of drug-likeness (QED) is 0.810. The van der Waals surface area contributed by atoms with Gasteiger partial charge in [-0.05, 0) is 45.0 Å². The van der Waals surface area contributed by atoms with Crippen LogP contribution in [0.3, 0.4) is 0 Å². The van der Waals surface area contributed by atoms with Crippen LogP contribution in [0.4, 0.5) is 0 Å². The zero-order valence-electron chi connectivity index (χ0n) is 11.5. The van der Waals surface area contributed by atoms with Gasteiger partial charge in [0.25, 0.3) is 5.89 Å². The van der Waals surface area contributed by atoms with Gasteiger partial charge >= 0.3 is 5.97 Å². The lowest BCUT2D eigenvalue weighted by atomic mass is 9.93. The molecule has 0 radical (unpaired) electrons. The van der Waals surface area contributed by atoms with Crippen molar-refractivity contribution in [2.75, 3.05) is 6.61 Å². The van der Waals surface area contributed by atoms with Crippen LogP contribution in [0.5, 0.6) is 0 Å². The molecule has 0 aliphatic rings. The minimum absolute atomic E-state index is 0.292. The minimum atomic E-state index is -0.954. The summed E-state index contributed by atoms with van der Waals surface area (Å²) in [6, 6.07) is 7.02. The topological polar surface area (TPSA) is 65.2 Å². The molecule has 0 saturated heterocycles. The van der Waals surface area contributed by atoms with Crippen LogP contribution in [0.2, 0.25) is 5.02 Å². The molecule has 0 unspecified atom stereocenters. The molecule has 0 aliphatic carbocycles. The van der Waals surface area contributed by atoms with Gasteiger partial charge in [-0.2, -0.15) is 4.98 Å². The van der Waals surface area contributed by atoms with Crippen molar-refractivity contribution in [1.82, 2.24) is 10.1 Å². The van der Waals surface area contributed by atoms with Crippen molar-refractivity contribution in [2.45, 2.75) is 26.2 Å². The molecule has 2 rings (SSSR count). The summed E-state index contributed by atoms with van der Waals surface area (Å²) in [6.07, 6.45) is 0. The van der Waals surface area contributed by atoms with Crippen molar-refractivity contribution >= 4 is 17.6 Å². The molecule has 20 heavy (non-hydrogen) atoms. The Labute approximate surface area is 121 Å². The molecule has 0 N–H and O–H groups in total. The molecule has 1 heterocycles. The number of nitrogens with zero attached hydrogens (tertiary/aromatic N) is 2. The average molecular weight is 295 g/mol. The maximum Gasteiger partial charge on any atom is 0.319 e. The van der Waals surface area contributed by atoms with E-state index in [4.69, 9.17) is 20.9 Å². The predicted molar refractivity (Wildman–Crippen MR) is 74.4 cm³/mol. The Kier molecular flexibility index (Phi) is 4.09. The number of aromatic nitrogens is 2. The van der Waals surface area contributed by atoms with Crippen LogP contribution in [-0.2, 0) is 14.9 Å². The highest BCUT2D eigenvalue weighted by atomic mass is 35.5. The lowest BCUT2D eigenvalue weighted by molar-refractivity contribution is -0.149. The number of benzene rings is 1. The Morgan fingerprint density at radius 1 is 1.35 bits per heavy atom. The first-order valence-electron chi connectivity index (χ1n) is 6.22. The Bertz CT molecular complexity index is 605. The van der Waals surface area contributed by atoms with E-state index in [0.717, 1.165) is 5.56 Å².